The van der Waals surface area contributed by atoms with E-state index in [1.165, 1.54) is 0 Å². The molecule has 2 nitrogen and oxygen atoms in total. The summed E-state index contributed by atoms with van der Waals surface area (Å²) in [5.74, 6) is 2.63. The highest BCUT2D eigenvalue weighted by molar-refractivity contribution is 5.79. The molecule has 0 aliphatic carbocycles. The molecule has 0 saturated carbocycles. The van der Waals surface area contributed by atoms with Gasteiger partial charge in [0.1, 0.15) is 5.78 Å². The van der Waals surface area contributed by atoms with Crippen molar-refractivity contribution < 1.29 is 4.79 Å². The van der Waals surface area contributed by atoms with Crippen LogP contribution in [-0.4, -0.2) is 11.8 Å². The predicted molar refractivity (Wildman–Crippen MR) is 50.6 cm³/mol. The average molecular weight is 167 g/mol. The van der Waals surface area contributed by atoms with E-state index in [1.807, 2.05) is 0 Å². The van der Waals surface area contributed by atoms with Gasteiger partial charge in [-0.2, -0.15) is 0 Å². The normalized spacial score (nSPS) is 12.1. The van der Waals surface area contributed by atoms with Crippen molar-refractivity contribution in [3.63, 3.8) is 0 Å². The van der Waals surface area contributed by atoms with Gasteiger partial charge in [0.05, 0.1) is 0 Å². The highest BCUT2D eigenvalue weighted by Crippen LogP contribution is 2.02. The van der Waals surface area contributed by atoms with Crippen LogP contribution in [0.4, 0.5) is 0 Å². The van der Waals surface area contributed by atoms with Gasteiger partial charge in [0, 0.05) is 25.3 Å². The Bertz CT molecular complexity index is 169. The van der Waals surface area contributed by atoms with Gasteiger partial charge in [-0.1, -0.05) is 13.3 Å². The van der Waals surface area contributed by atoms with E-state index in [0.29, 0.717) is 19.3 Å². The van der Waals surface area contributed by atoms with Crippen LogP contribution in [0.2, 0.25) is 0 Å². The minimum absolute atomic E-state index is 0.0280. The predicted octanol–water partition coefficient (Wildman–Crippen LogP) is 1.49. The summed E-state index contributed by atoms with van der Waals surface area (Å²) in [6.45, 7) is 2.06. The van der Waals surface area contributed by atoms with Crippen LogP contribution < -0.4 is 5.73 Å². The zero-order valence-corrected chi connectivity index (χ0v) is 7.68. The molecule has 0 heterocycles. The van der Waals surface area contributed by atoms with E-state index in [9.17, 15) is 4.79 Å². The molecule has 2 heteroatoms. The number of rotatable bonds is 6. The monoisotopic (exact) mass is 167 g/mol. The third-order valence-corrected chi connectivity index (χ3v) is 1.70. The zero-order valence-electron chi connectivity index (χ0n) is 7.68. The van der Waals surface area contributed by atoms with Crippen molar-refractivity contribution in [2.24, 2.45) is 5.73 Å². The van der Waals surface area contributed by atoms with E-state index in [1.54, 1.807) is 0 Å². The maximum atomic E-state index is 11.1. The molecule has 0 aliphatic rings. The molecule has 1 unspecified atom stereocenters. The number of carbonyl (C=O) groups excluding carboxylic acids is 1. The lowest BCUT2D eigenvalue weighted by Gasteiger charge is -2.07. The van der Waals surface area contributed by atoms with Gasteiger partial charge >= 0.3 is 0 Å². The molecule has 0 aromatic heterocycles. The van der Waals surface area contributed by atoms with Crippen molar-refractivity contribution in [3.05, 3.63) is 0 Å². The van der Waals surface area contributed by atoms with Crippen molar-refractivity contribution >= 4 is 5.78 Å². The Kier molecular flexibility index (Phi) is 6.41. The van der Waals surface area contributed by atoms with Crippen LogP contribution in [0, 0.1) is 12.3 Å². The molecule has 2 N–H and O–H groups in total. The van der Waals surface area contributed by atoms with Gasteiger partial charge in [-0.3, -0.25) is 4.79 Å². The lowest BCUT2D eigenvalue weighted by atomic mass is 10.0. The van der Waals surface area contributed by atoms with Gasteiger partial charge in [0.2, 0.25) is 0 Å². The van der Waals surface area contributed by atoms with Crippen molar-refractivity contribution in [2.75, 3.05) is 0 Å². The Morgan fingerprint density at radius 3 is 2.83 bits per heavy atom. The first-order valence-corrected chi connectivity index (χ1v) is 4.41. The Hall–Kier alpha value is -0.810. The summed E-state index contributed by atoms with van der Waals surface area (Å²) >= 11 is 0. The van der Waals surface area contributed by atoms with Crippen LogP contribution in [0.25, 0.3) is 0 Å². The van der Waals surface area contributed by atoms with Gasteiger partial charge < -0.3 is 5.73 Å². The summed E-state index contributed by atoms with van der Waals surface area (Å²) in [5.41, 5.74) is 5.68. The molecule has 0 radical (unpaired) electrons. The van der Waals surface area contributed by atoms with Crippen molar-refractivity contribution in [1.29, 1.82) is 0 Å². The molecule has 0 aromatic rings. The quantitative estimate of drug-likeness (QED) is 0.609. The summed E-state index contributed by atoms with van der Waals surface area (Å²) in [5, 5.41) is 0. The first kappa shape index (κ1) is 11.2. The molecule has 0 aliphatic heterocycles. The highest BCUT2D eigenvalue weighted by Gasteiger charge is 2.07. The molecule has 0 bridgehead atoms. The standard InChI is InChI=1S/C10H17NO/c1-3-5-7-10(12)8-9(11)6-4-2/h1,9H,4-8,11H2,2H3. The van der Waals surface area contributed by atoms with Gasteiger partial charge in [-0.15, -0.1) is 12.3 Å². The fraction of sp³-hybridized carbons (Fsp3) is 0.700. The molecule has 0 aromatic carbocycles. The maximum absolute atomic E-state index is 11.1. The lowest BCUT2D eigenvalue weighted by molar-refractivity contribution is -0.119. The third-order valence-electron chi connectivity index (χ3n) is 1.70. The second-order valence-corrected chi connectivity index (χ2v) is 3.00. The van der Waals surface area contributed by atoms with Crippen molar-refractivity contribution in [2.45, 2.75) is 45.1 Å². The van der Waals surface area contributed by atoms with E-state index in [4.69, 9.17) is 12.2 Å². The second kappa shape index (κ2) is 6.87. The summed E-state index contributed by atoms with van der Waals surface area (Å²) in [4.78, 5) is 11.1. The summed E-state index contributed by atoms with van der Waals surface area (Å²) in [6, 6.07) is 0.0280. The van der Waals surface area contributed by atoms with Gasteiger partial charge in [0.25, 0.3) is 0 Å². The minimum atomic E-state index is 0.0280. The van der Waals surface area contributed by atoms with Crippen LogP contribution in [0.1, 0.15) is 39.0 Å². The molecular formula is C10H17NO. The largest absolute Gasteiger partial charge is 0.327 e. The summed E-state index contributed by atoms with van der Waals surface area (Å²) in [7, 11) is 0. The number of hydrogen-bond donors (Lipinski definition) is 1. The molecule has 0 spiro atoms. The van der Waals surface area contributed by atoms with Crippen molar-refractivity contribution in [1.82, 2.24) is 0 Å². The first-order valence-electron chi connectivity index (χ1n) is 4.41. The van der Waals surface area contributed by atoms with Crippen molar-refractivity contribution in [3.8, 4) is 12.3 Å². The molecule has 0 amide bonds. The summed E-state index contributed by atoms with van der Waals surface area (Å²) in [6.07, 6.45) is 8.48. The number of ketones is 1. The van der Waals surface area contributed by atoms with Crippen LogP contribution in [0.15, 0.2) is 0 Å². The molecule has 1 atom stereocenters. The van der Waals surface area contributed by atoms with Gasteiger partial charge in [0.15, 0.2) is 0 Å². The first-order chi connectivity index (χ1) is 5.70. The Balaban J connectivity index is 3.48. The number of hydrogen-bond acceptors (Lipinski definition) is 2. The van der Waals surface area contributed by atoms with Crippen LogP contribution in [0.3, 0.4) is 0 Å². The highest BCUT2D eigenvalue weighted by atomic mass is 16.1. The average Bonchev–Trinajstić information content (AvgIpc) is 2.01. The van der Waals surface area contributed by atoms with E-state index in [0.717, 1.165) is 12.8 Å². The van der Waals surface area contributed by atoms with E-state index in [-0.39, 0.29) is 11.8 Å². The molecule has 0 saturated heterocycles. The topological polar surface area (TPSA) is 43.1 Å². The smallest absolute Gasteiger partial charge is 0.135 e. The van der Waals surface area contributed by atoms with Crippen LogP contribution in [-0.2, 0) is 4.79 Å². The minimum Gasteiger partial charge on any atom is -0.327 e. The van der Waals surface area contributed by atoms with E-state index >= 15 is 0 Å². The molecular weight excluding hydrogens is 150 g/mol. The molecule has 0 fully saturated rings. The molecule has 12 heavy (non-hydrogen) atoms. The lowest BCUT2D eigenvalue weighted by Crippen LogP contribution is -2.23. The number of carbonyl (C=O) groups is 1. The fourth-order valence-corrected chi connectivity index (χ4v) is 1.08. The number of Topliss-reactive ketones (excluding diaryl/α,β-unsaturated/α-hetero) is 1. The van der Waals surface area contributed by atoms with Crippen LogP contribution in [0.5, 0.6) is 0 Å². The molecule has 0 rings (SSSR count). The third kappa shape index (κ3) is 5.94. The fourth-order valence-electron chi connectivity index (χ4n) is 1.08. The Morgan fingerprint density at radius 2 is 2.33 bits per heavy atom. The Morgan fingerprint density at radius 1 is 1.67 bits per heavy atom. The Labute approximate surface area is 74.5 Å². The molecule has 68 valence electrons. The van der Waals surface area contributed by atoms with Crippen LogP contribution >= 0.6 is 0 Å². The SMILES string of the molecule is C#CCCC(=O)CC(N)CCC. The summed E-state index contributed by atoms with van der Waals surface area (Å²) < 4.78 is 0. The van der Waals surface area contributed by atoms with E-state index in [2.05, 4.69) is 12.8 Å². The zero-order chi connectivity index (χ0) is 9.40. The van der Waals surface area contributed by atoms with E-state index < -0.39 is 0 Å². The van der Waals surface area contributed by atoms with Gasteiger partial charge in [-0.05, 0) is 6.42 Å². The number of terminal acetylenes is 1. The maximum Gasteiger partial charge on any atom is 0.135 e. The second-order valence-electron chi connectivity index (χ2n) is 3.00. The van der Waals surface area contributed by atoms with Gasteiger partial charge in [-0.25, -0.2) is 0 Å². The number of nitrogens with two attached hydrogens (primary N) is 1.